The van der Waals surface area contributed by atoms with E-state index in [2.05, 4.69) is 10.3 Å². The summed E-state index contributed by atoms with van der Waals surface area (Å²) in [6.45, 7) is 1.42. The summed E-state index contributed by atoms with van der Waals surface area (Å²) in [4.78, 5) is 28.1. The first-order valence-electron chi connectivity index (χ1n) is 5.99. The van der Waals surface area contributed by atoms with E-state index in [1.54, 1.807) is 0 Å². The number of pyridine rings is 1. The highest BCUT2D eigenvalue weighted by molar-refractivity contribution is 6.36. The molecule has 2 N–H and O–H groups in total. The lowest BCUT2D eigenvalue weighted by Gasteiger charge is -2.37. The third kappa shape index (κ3) is 4.06. The van der Waals surface area contributed by atoms with E-state index in [0.717, 1.165) is 0 Å². The van der Waals surface area contributed by atoms with Crippen molar-refractivity contribution in [1.82, 2.24) is 9.88 Å². The predicted molar refractivity (Wildman–Crippen MR) is 75.1 cm³/mol. The molecule has 1 aromatic rings. The summed E-state index contributed by atoms with van der Waals surface area (Å²) in [7, 11) is 0. The topological polar surface area (TPSA) is 82.5 Å². The molecular weight excluding hydrogens is 305 g/mol. The van der Waals surface area contributed by atoms with Crippen LogP contribution in [0.3, 0.4) is 0 Å². The molecule has 1 aromatic heterocycles. The molecule has 0 aliphatic carbocycles. The van der Waals surface area contributed by atoms with Crippen molar-refractivity contribution in [1.29, 1.82) is 0 Å². The van der Waals surface area contributed by atoms with Gasteiger partial charge in [0.1, 0.15) is 0 Å². The Hall–Kier alpha value is -1.37. The lowest BCUT2D eigenvalue weighted by Crippen LogP contribution is -2.50. The van der Waals surface area contributed by atoms with Crippen LogP contribution in [0.25, 0.3) is 0 Å². The van der Waals surface area contributed by atoms with Gasteiger partial charge in [0.2, 0.25) is 5.91 Å². The zero-order valence-electron chi connectivity index (χ0n) is 10.5. The highest BCUT2D eigenvalue weighted by Gasteiger charge is 2.29. The van der Waals surface area contributed by atoms with Crippen molar-refractivity contribution in [2.75, 3.05) is 25.0 Å². The second-order valence-electron chi connectivity index (χ2n) is 4.69. The first-order chi connectivity index (χ1) is 9.44. The van der Waals surface area contributed by atoms with Gasteiger partial charge in [-0.2, -0.15) is 0 Å². The molecular formula is C12H13Cl2N3O3. The lowest BCUT2D eigenvalue weighted by atomic mass is 9.96. The Morgan fingerprint density at radius 3 is 2.75 bits per heavy atom. The van der Waals surface area contributed by atoms with Crippen LogP contribution in [0.5, 0.6) is 0 Å². The van der Waals surface area contributed by atoms with E-state index in [1.165, 1.54) is 12.3 Å². The van der Waals surface area contributed by atoms with E-state index in [9.17, 15) is 9.59 Å². The molecule has 20 heavy (non-hydrogen) atoms. The maximum Gasteiger partial charge on any atom is 0.303 e. The van der Waals surface area contributed by atoms with E-state index in [4.69, 9.17) is 28.3 Å². The number of amides is 1. The monoisotopic (exact) mass is 317 g/mol. The number of hydrogen-bond donors (Lipinski definition) is 2. The van der Waals surface area contributed by atoms with Gasteiger partial charge in [-0.05, 0) is 12.0 Å². The summed E-state index contributed by atoms with van der Waals surface area (Å²) < 4.78 is 0. The van der Waals surface area contributed by atoms with E-state index in [0.29, 0.717) is 18.1 Å². The van der Waals surface area contributed by atoms with Gasteiger partial charge in [0.05, 0.1) is 23.0 Å². The number of halogens is 2. The fraction of sp³-hybridized carbons (Fsp3) is 0.417. The number of rotatable bonds is 5. The van der Waals surface area contributed by atoms with Crippen LogP contribution in [0.1, 0.15) is 6.42 Å². The van der Waals surface area contributed by atoms with Gasteiger partial charge in [-0.3, -0.25) is 14.5 Å². The smallest absolute Gasteiger partial charge is 0.303 e. The Morgan fingerprint density at radius 1 is 1.45 bits per heavy atom. The van der Waals surface area contributed by atoms with Crippen LogP contribution in [0.15, 0.2) is 12.3 Å². The number of nitrogens with one attached hydrogen (secondary N) is 1. The molecule has 2 rings (SSSR count). The molecule has 1 aliphatic rings. The van der Waals surface area contributed by atoms with Crippen LogP contribution in [0.4, 0.5) is 5.82 Å². The van der Waals surface area contributed by atoms with Crippen molar-refractivity contribution in [3.63, 3.8) is 0 Å². The summed E-state index contributed by atoms with van der Waals surface area (Å²) in [5.41, 5.74) is 0. The Labute approximate surface area is 125 Å². The van der Waals surface area contributed by atoms with Crippen LogP contribution < -0.4 is 5.32 Å². The van der Waals surface area contributed by atoms with Crippen molar-refractivity contribution in [3.05, 3.63) is 22.3 Å². The minimum atomic E-state index is -0.809. The molecule has 1 aliphatic heterocycles. The molecule has 0 atom stereocenters. The fourth-order valence-electron chi connectivity index (χ4n) is 2.06. The number of likely N-dealkylation sites (tertiary alicyclic amines) is 1. The standard InChI is InChI=1S/C12H13Cl2N3O3/c13-8-2-9(14)12(15-3-8)16-10(18)6-17-4-7(5-17)1-11(19)20/h2-3,7H,1,4-6H2,(H,19,20)(H,15,16,18). The van der Waals surface area contributed by atoms with Crippen LogP contribution in [0, 0.1) is 5.92 Å². The Kier molecular flexibility index (Phi) is 4.80. The third-order valence-electron chi connectivity index (χ3n) is 2.93. The largest absolute Gasteiger partial charge is 0.481 e. The summed E-state index contributed by atoms with van der Waals surface area (Å²) >= 11 is 11.6. The van der Waals surface area contributed by atoms with Crippen molar-refractivity contribution in [2.45, 2.75) is 6.42 Å². The van der Waals surface area contributed by atoms with E-state index in [1.807, 2.05) is 4.90 Å². The highest BCUT2D eigenvalue weighted by atomic mass is 35.5. The first-order valence-corrected chi connectivity index (χ1v) is 6.74. The average molecular weight is 318 g/mol. The molecule has 0 saturated carbocycles. The van der Waals surface area contributed by atoms with Gasteiger partial charge in [0.25, 0.3) is 0 Å². The van der Waals surface area contributed by atoms with Crippen molar-refractivity contribution in [2.24, 2.45) is 5.92 Å². The number of anilines is 1. The van der Waals surface area contributed by atoms with Gasteiger partial charge in [0.15, 0.2) is 5.82 Å². The maximum absolute atomic E-state index is 11.8. The van der Waals surface area contributed by atoms with Crippen molar-refractivity contribution in [3.8, 4) is 0 Å². The molecule has 0 spiro atoms. The second-order valence-corrected chi connectivity index (χ2v) is 5.53. The Bertz CT molecular complexity index is 533. The molecule has 0 unspecified atom stereocenters. The normalized spacial score (nSPS) is 15.7. The molecule has 108 valence electrons. The van der Waals surface area contributed by atoms with Crippen LogP contribution in [-0.2, 0) is 9.59 Å². The summed E-state index contributed by atoms with van der Waals surface area (Å²) in [5, 5.41) is 11.9. The molecule has 1 amide bonds. The summed E-state index contributed by atoms with van der Waals surface area (Å²) in [5.74, 6) is -0.659. The van der Waals surface area contributed by atoms with Crippen molar-refractivity contribution >= 4 is 40.9 Å². The summed E-state index contributed by atoms with van der Waals surface area (Å²) in [6.07, 6.45) is 1.54. The second kappa shape index (κ2) is 6.39. The zero-order chi connectivity index (χ0) is 14.7. The molecule has 8 heteroatoms. The number of aromatic nitrogens is 1. The first kappa shape index (κ1) is 15.0. The van der Waals surface area contributed by atoms with E-state index >= 15 is 0 Å². The molecule has 1 fully saturated rings. The van der Waals surface area contributed by atoms with Crippen LogP contribution in [0.2, 0.25) is 10.0 Å². The fourth-order valence-corrected chi connectivity index (χ4v) is 2.49. The number of carboxylic acid groups (broad SMARTS) is 1. The number of nitrogens with zero attached hydrogens (tertiary/aromatic N) is 2. The minimum Gasteiger partial charge on any atom is -0.481 e. The maximum atomic E-state index is 11.8. The average Bonchev–Trinajstić information content (AvgIpc) is 2.29. The van der Waals surface area contributed by atoms with Crippen LogP contribution >= 0.6 is 23.2 Å². The van der Waals surface area contributed by atoms with Gasteiger partial charge >= 0.3 is 5.97 Å². The zero-order valence-corrected chi connectivity index (χ0v) is 12.0. The van der Waals surface area contributed by atoms with E-state index in [-0.39, 0.29) is 35.6 Å². The SMILES string of the molecule is O=C(O)CC1CN(CC(=O)Nc2ncc(Cl)cc2Cl)C1. The van der Waals surface area contributed by atoms with Gasteiger partial charge < -0.3 is 10.4 Å². The van der Waals surface area contributed by atoms with Gasteiger partial charge in [0, 0.05) is 19.3 Å². The van der Waals surface area contributed by atoms with Crippen LogP contribution in [-0.4, -0.2) is 46.5 Å². The van der Waals surface area contributed by atoms with Gasteiger partial charge in [-0.15, -0.1) is 0 Å². The molecule has 0 bridgehead atoms. The lowest BCUT2D eigenvalue weighted by molar-refractivity contribution is -0.139. The number of carbonyl (C=O) groups is 2. The van der Waals surface area contributed by atoms with Gasteiger partial charge in [-0.1, -0.05) is 23.2 Å². The predicted octanol–water partition coefficient (Wildman–Crippen LogP) is 1.73. The Morgan fingerprint density at radius 2 is 2.15 bits per heavy atom. The minimum absolute atomic E-state index is 0.123. The molecule has 0 radical (unpaired) electrons. The van der Waals surface area contributed by atoms with Crippen molar-refractivity contribution < 1.29 is 14.7 Å². The third-order valence-corrected chi connectivity index (χ3v) is 3.42. The number of hydrogen-bond acceptors (Lipinski definition) is 4. The molecule has 1 saturated heterocycles. The Balaban J connectivity index is 1.78. The molecule has 6 nitrogen and oxygen atoms in total. The molecule has 2 heterocycles. The highest BCUT2D eigenvalue weighted by Crippen LogP contribution is 2.23. The number of carboxylic acids is 1. The molecule has 0 aromatic carbocycles. The van der Waals surface area contributed by atoms with E-state index < -0.39 is 5.97 Å². The quantitative estimate of drug-likeness (QED) is 0.864. The number of aliphatic carboxylic acids is 1. The van der Waals surface area contributed by atoms with Gasteiger partial charge in [-0.25, -0.2) is 4.98 Å². The summed E-state index contributed by atoms with van der Waals surface area (Å²) in [6, 6.07) is 1.50. The number of carbonyl (C=O) groups excluding carboxylic acids is 1.